The van der Waals surface area contributed by atoms with Gasteiger partial charge in [0.1, 0.15) is 5.75 Å². The van der Waals surface area contributed by atoms with Gasteiger partial charge in [-0.15, -0.1) is 0 Å². The molecule has 4 aromatic rings. The number of benzene rings is 4. The van der Waals surface area contributed by atoms with Crippen LogP contribution in [0.25, 0.3) is 21.5 Å². The van der Waals surface area contributed by atoms with Crippen LogP contribution in [0.4, 0.5) is 4.39 Å². The van der Waals surface area contributed by atoms with E-state index in [1.165, 1.54) is 6.07 Å². The highest BCUT2D eigenvalue weighted by Gasteiger charge is 2.03. The zero-order chi connectivity index (χ0) is 18.2. The number of phenols is 2. The quantitative estimate of drug-likeness (QED) is 0.398. The summed E-state index contributed by atoms with van der Waals surface area (Å²) in [7, 11) is 0. The Hall–Kier alpha value is -3.07. The van der Waals surface area contributed by atoms with Gasteiger partial charge >= 0.3 is 0 Å². The molecule has 0 bridgehead atoms. The van der Waals surface area contributed by atoms with Gasteiger partial charge in [-0.3, -0.25) is 0 Å². The second-order valence-electron chi connectivity index (χ2n) is 5.15. The molecule has 0 saturated heterocycles. The molecule has 4 rings (SSSR count). The molecule has 0 amide bonds. The number of hydrogen-bond donors (Lipinski definition) is 2. The SMILES string of the molecule is CC.Oc1ccc2ccccc2c1.Oc1ccc2ccccc2c1F. The van der Waals surface area contributed by atoms with Crippen molar-refractivity contribution in [1.29, 1.82) is 0 Å². The lowest BCUT2D eigenvalue weighted by atomic mass is 10.1. The molecule has 128 valence electrons. The summed E-state index contributed by atoms with van der Waals surface area (Å²) >= 11 is 0. The summed E-state index contributed by atoms with van der Waals surface area (Å²) in [5.74, 6) is -0.523. The van der Waals surface area contributed by atoms with Gasteiger partial charge in [0, 0.05) is 5.39 Å². The molecule has 3 heteroatoms. The van der Waals surface area contributed by atoms with E-state index in [0.29, 0.717) is 11.1 Å². The Morgan fingerprint density at radius 3 is 1.92 bits per heavy atom. The fraction of sp³-hybridized carbons (Fsp3) is 0.0909. The van der Waals surface area contributed by atoms with Crippen LogP contribution in [-0.4, -0.2) is 10.2 Å². The van der Waals surface area contributed by atoms with E-state index < -0.39 is 5.82 Å². The van der Waals surface area contributed by atoms with Crippen LogP contribution in [-0.2, 0) is 0 Å². The maximum atomic E-state index is 13.1. The van der Waals surface area contributed by atoms with E-state index in [2.05, 4.69) is 0 Å². The Balaban J connectivity index is 0.000000165. The first-order valence-electron chi connectivity index (χ1n) is 8.19. The van der Waals surface area contributed by atoms with Crippen LogP contribution in [0.2, 0.25) is 0 Å². The van der Waals surface area contributed by atoms with Gasteiger partial charge < -0.3 is 10.2 Å². The molecule has 0 aliphatic carbocycles. The van der Waals surface area contributed by atoms with Crippen LogP contribution in [0, 0.1) is 5.82 Å². The predicted octanol–water partition coefficient (Wildman–Crippen LogP) is 6.26. The lowest BCUT2D eigenvalue weighted by Gasteiger charge is -1.99. The minimum Gasteiger partial charge on any atom is -0.508 e. The van der Waals surface area contributed by atoms with Gasteiger partial charge in [0.2, 0.25) is 0 Å². The van der Waals surface area contributed by atoms with Gasteiger partial charge in [0.05, 0.1) is 0 Å². The van der Waals surface area contributed by atoms with Gasteiger partial charge in [-0.05, 0) is 34.4 Å². The molecule has 2 nitrogen and oxygen atoms in total. The molecule has 0 aromatic heterocycles. The van der Waals surface area contributed by atoms with Crippen molar-refractivity contribution in [1.82, 2.24) is 0 Å². The Labute approximate surface area is 146 Å². The lowest BCUT2D eigenvalue weighted by molar-refractivity contribution is 0.436. The third kappa shape index (κ3) is 4.48. The second-order valence-corrected chi connectivity index (χ2v) is 5.15. The highest BCUT2D eigenvalue weighted by atomic mass is 19.1. The molecule has 0 saturated carbocycles. The highest BCUT2D eigenvalue weighted by molar-refractivity contribution is 5.84. The van der Waals surface area contributed by atoms with Crippen molar-refractivity contribution in [3.8, 4) is 11.5 Å². The van der Waals surface area contributed by atoms with Crippen LogP contribution in [0.3, 0.4) is 0 Å². The minimum atomic E-state index is -0.548. The molecule has 0 unspecified atom stereocenters. The van der Waals surface area contributed by atoms with Crippen molar-refractivity contribution in [2.45, 2.75) is 13.8 Å². The Kier molecular flexibility index (Phi) is 6.35. The van der Waals surface area contributed by atoms with Crippen molar-refractivity contribution in [3.05, 3.63) is 84.7 Å². The molecule has 0 spiro atoms. The molecule has 25 heavy (non-hydrogen) atoms. The van der Waals surface area contributed by atoms with Gasteiger partial charge in [-0.1, -0.05) is 74.5 Å². The molecule has 0 fully saturated rings. The van der Waals surface area contributed by atoms with Crippen molar-refractivity contribution in [3.63, 3.8) is 0 Å². The first-order valence-corrected chi connectivity index (χ1v) is 8.19. The van der Waals surface area contributed by atoms with Crippen molar-refractivity contribution in [2.75, 3.05) is 0 Å². The molecule has 0 aliphatic heterocycles. The van der Waals surface area contributed by atoms with Crippen LogP contribution in [0.5, 0.6) is 11.5 Å². The maximum Gasteiger partial charge on any atom is 0.172 e. The monoisotopic (exact) mass is 336 g/mol. The summed E-state index contributed by atoms with van der Waals surface area (Å²) in [5, 5.41) is 21.7. The third-order valence-corrected chi connectivity index (χ3v) is 3.58. The fourth-order valence-corrected chi connectivity index (χ4v) is 2.40. The van der Waals surface area contributed by atoms with E-state index in [1.54, 1.807) is 36.4 Å². The summed E-state index contributed by atoms with van der Waals surface area (Å²) in [5.41, 5.74) is 0. The fourth-order valence-electron chi connectivity index (χ4n) is 2.40. The van der Waals surface area contributed by atoms with Crippen molar-refractivity contribution in [2.24, 2.45) is 0 Å². The van der Waals surface area contributed by atoms with Crippen LogP contribution in [0.1, 0.15) is 13.8 Å². The summed E-state index contributed by atoms with van der Waals surface area (Å²) in [6, 6.07) is 23.4. The van der Waals surface area contributed by atoms with Crippen LogP contribution >= 0.6 is 0 Å². The molecule has 0 atom stereocenters. The highest BCUT2D eigenvalue weighted by Crippen LogP contribution is 2.24. The Bertz CT molecular complexity index is 964. The standard InChI is InChI=1S/C10H7FO.C10H8O.C2H6/c11-10-8-4-2-1-3-7(8)5-6-9(10)12;11-10-6-5-8-3-1-2-4-9(8)7-10;1-2/h1-6,12H;1-7,11H;1-2H3. The first-order chi connectivity index (χ1) is 12.1. The topological polar surface area (TPSA) is 40.5 Å². The molecular formula is C22H21FO2. The van der Waals surface area contributed by atoms with Crippen LogP contribution in [0.15, 0.2) is 78.9 Å². The minimum absolute atomic E-state index is 0.297. The summed E-state index contributed by atoms with van der Waals surface area (Å²) in [4.78, 5) is 0. The molecular weight excluding hydrogens is 315 g/mol. The van der Waals surface area contributed by atoms with Crippen molar-refractivity contribution >= 4 is 21.5 Å². The maximum absolute atomic E-state index is 13.1. The molecule has 0 radical (unpaired) electrons. The number of fused-ring (bicyclic) bond motifs is 2. The zero-order valence-electron chi connectivity index (χ0n) is 14.3. The number of rotatable bonds is 0. The smallest absolute Gasteiger partial charge is 0.172 e. The van der Waals surface area contributed by atoms with Gasteiger partial charge in [-0.25, -0.2) is 4.39 Å². The first kappa shape index (κ1) is 18.3. The average Bonchev–Trinajstić information content (AvgIpc) is 2.67. The average molecular weight is 336 g/mol. The largest absolute Gasteiger partial charge is 0.508 e. The second kappa shape index (κ2) is 8.69. The van der Waals surface area contributed by atoms with E-state index >= 15 is 0 Å². The normalized spacial score (nSPS) is 9.72. The molecule has 2 N–H and O–H groups in total. The summed E-state index contributed by atoms with van der Waals surface area (Å²) in [6.45, 7) is 4.00. The summed E-state index contributed by atoms with van der Waals surface area (Å²) < 4.78 is 13.1. The molecule has 4 aromatic carbocycles. The number of halogens is 1. The Morgan fingerprint density at radius 1 is 0.640 bits per heavy atom. The lowest BCUT2D eigenvalue weighted by Crippen LogP contribution is -1.79. The summed E-state index contributed by atoms with van der Waals surface area (Å²) in [6.07, 6.45) is 0. The van der Waals surface area contributed by atoms with E-state index in [0.717, 1.165) is 16.2 Å². The number of aromatic hydroxyl groups is 2. The van der Waals surface area contributed by atoms with Gasteiger partial charge in [0.25, 0.3) is 0 Å². The van der Waals surface area contributed by atoms with E-state index in [1.807, 2.05) is 50.2 Å². The van der Waals surface area contributed by atoms with E-state index in [-0.39, 0.29) is 5.75 Å². The Morgan fingerprint density at radius 2 is 1.20 bits per heavy atom. The third-order valence-electron chi connectivity index (χ3n) is 3.58. The predicted molar refractivity (Wildman–Crippen MR) is 103 cm³/mol. The number of phenolic OH excluding ortho intramolecular Hbond substituents is 2. The van der Waals surface area contributed by atoms with Gasteiger partial charge in [-0.2, -0.15) is 0 Å². The number of hydrogen-bond acceptors (Lipinski definition) is 2. The molecule has 0 heterocycles. The van der Waals surface area contributed by atoms with E-state index in [9.17, 15) is 4.39 Å². The van der Waals surface area contributed by atoms with E-state index in [4.69, 9.17) is 10.2 Å². The van der Waals surface area contributed by atoms with Crippen molar-refractivity contribution < 1.29 is 14.6 Å². The zero-order valence-corrected chi connectivity index (χ0v) is 14.3. The molecule has 0 aliphatic rings. The van der Waals surface area contributed by atoms with Gasteiger partial charge in [0.15, 0.2) is 11.6 Å². The van der Waals surface area contributed by atoms with Crippen LogP contribution < -0.4 is 0 Å².